The molecule has 3 rings (SSSR count). The fourth-order valence-corrected chi connectivity index (χ4v) is 2.90. The number of carbonyl (C=O) groups excluding carboxylic acids is 2. The molecule has 0 atom stereocenters. The van der Waals surface area contributed by atoms with Crippen LogP contribution in [0.25, 0.3) is 0 Å². The average Bonchev–Trinajstić information content (AvgIpc) is 3.09. The first-order valence-electron chi connectivity index (χ1n) is 8.36. The minimum absolute atomic E-state index is 0.0625. The van der Waals surface area contributed by atoms with Gasteiger partial charge < -0.3 is 15.3 Å². The van der Waals surface area contributed by atoms with Gasteiger partial charge in [0.25, 0.3) is 5.91 Å². The van der Waals surface area contributed by atoms with Crippen molar-refractivity contribution in [1.29, 1.82) is 0 Å². The van der Waals surface area contributed by atoms with Crippen LogP contribution in [0.2, 0.25) is 0 Å². The van der Waals surface area contributed by atoms with Crippen molar-refractivity contribution in [2.75, 3.05) is 6.54 Å². The lowest BCUT2D eigenvalue weighted by molar-refractivity contribution is -0.131. The van der Waals surface area contributed by atoms with Crippen molar-refractivity contribution in [3.63, 3.8) is 0 Å². The van der Waals surface area contributed by atoms with Gasteiger partial charge >= 0.3 is 5.97 Å². The number of nitrogens with zero attached hydrogens (tertiary/aromatic N) is 2. The molecular formula is C19H19N3O4. The molecule has 2 N–H and O–H groups in total. The molecule has 0 saturated carbocycles. The summed E-state index contributed by atoms with van der Waals surface area (Å²) < 4.78 is 0. The number of aromatic nitrogens is 1. The van der Waals surface area contributed by atoms with Gasteiger partial charge in [-0.3, -0.25) is 9.59 Å². The van der Waals surface area contributed by atoms with E-state index in [4.69, 9.17) is 5.11 Å². The van der Waals surface area contributed by atoms with E-state index < -0.39 is 5.97 Å². The Kier molecular flexibility index (Phi) is 5.26. The minimum Gasteiger partial charge on any atom is -0.477 e. The predicted molar refractivity (Wildman–Crippen MR) is 93.5 cm³/mol. The number of carbonyl (C=O) groups is 3. The lowest BCUT2D eigenvalue weighted by Crippen LogP contribution is -2.28. The Labute approximate surface area is 150 Å². The van der Waals surface area contributed by atoms with Crippen LogP contribution in [0, 0.1) is 0 Å². The minimum atomic E-state index is -1.18. The Morgan fingerprint density at radius 1 is 1.12 bits per heavy atom. The Morgan fingerprint density at radius 2 is 1.81 bits per heavy atom. The van der Waals surface area contributed by atoms with Crippen molar-refractivity contribution in [3.05, 3.63) is 65.0 Å². The SMILES string of the molecule is O=C(NCCCC(=O)N1Cc2ccccc2C1)c1ccnc(C(=O)O)c1. The highest BCUT2D eigenvalue weighted by molar-refractivity contribution is 5.96. The van der Waals surface area contributed by atoms with Crippen LogP contribution in [0.3, 0.4) is 0 Å². The zero-order valence-corrected chi connectivity index (χ0v) is 14.1. The summed E-state index contributed by atoms with van der Waals surface area (Å²) in [5.41, 5.74) is 2.42. The monoisotopic (exact) mass is 353 g/mol. The zero-order valence-electron chi connectivity index (χ0n) is 14.1. The normalized spacial score (nSPS) is 12.5. The summed E-state index contributed by atoms with van der Waals surface area (Å²) >= 11 is 0. The predicted octanol–water partition coefficient (Wildman–Crippen LogP) is 1.83. The van der Waals surface area contributed by atoms with Crippen LogP contribution in [0.1, 0.15) is 44.8 Å². The van der Waals surface area contributed by atoms with Gasteiger partial charge in [-0.25, -0.2) is 9.78 Å². The smallest absolute Gasteiger partial charge is 0.354 e. The topological polar surface area (TPSA) is 99.6 Å². The van der Waals surface area contributed by atoms with E-state index in [2.05, 4.69) is 10.3 Å². The highest BCUT2D eigenvalue weighted by Gasteiger charge is 2.22. The lowest BCUT2D eigenvalue weighted by Gasteiger charge is -2.15. The van der Waals surface area contributed by atoms with Gasteiger partial charge in [0.2, 0.25) is 5.91 Å². The van der Waals surface area contributed by atoms with Crippen LogP contribution in [-0.4, -0.2) is 39.3 Å². The molecule has 0 radical (unpaired) electrons. The molecule has 0 unspecified atom stereocenters. The number of nitrogens with one attached hydrogen (secondary N) is 1. The number of carboxylic acids is 1. The number of aromatic carboxylic acids is 1. The van der Waals surface area contributed by atoms with Gasteiger partial charge in [-0.15, -0.1) is 0 Å². The molecule has 0 aliphatic carbocycles. The molecular weight excluding hydrogens is 334 g/mol. The molecule has 2 aromatic rings. The number of hydrogen-bond acceptors (Lipinski definition) is 4. The second kappa shape index (κ2) is 7.77. The van der Waals surface area contributed by atoms with Crippen LogP contribution in [0.5, 0.6) is 0 Å². The summed E-state index contributed by atoms with van der Waals surface area (Å²) in [7, 11) is 0. The largest absolute Gasteiger partial charge is 0.477 e. The summed E-state index contributed by atoms with van der Waals surface area (Å²) in [6.07, 6.45) is 2.16. The third kappa shape index (κ3) is 4.05. The van der Waals surface area contributed by atoms with Gasteiger partial charge in [0.15, 0.2) is 0 Å². The molecule has 26 heavy (non-hydrogen) atoms. The Bertz CT molecular complexity index is 825. The molecule has 7 heteroatoms. The number of rotatable bonds is 6. The molecule has 1 aromatic carbocycles. The molecule has 1 aliphatic rings. The summed E-state index contributed by atoms with van der Waals surface area (Å²) in [5.74, 6) is -1.50. The number of fused-ring (bicyclic) bond motifs is 1. The molecule has 0 bridgehead atoms. The van der Waals surface area contributed by atoms with Crippen LogP contribution in [-0.2, 0) is 17.9 Å². The molecule has 134 valence electrons. The van der Waals surface area contributed by atoms with Crippen molar-refractivity contribution in [2.45, 2.75) is 25.9 Å². The van der Waals surface area contributed by atoms with Gasteiger partial charge in [0, 0.05) is 37.8 Å². The van der Waals surface area contributed by atoms with Crippen LogP contribution in [0.15, 0.2) is 42.6 Å². The highest BCUT2D eigenvalue weighted by atomic mass is 16.4. The summed E-state index contributed by atoms with van der Waals surface area (Å²) in [6, 6.07) is 10.7. The second-order valence-electron chi connectivity index (χ2n) is 6.11. The Morgan fingerprint density at radius 3 is 2.46 bits per heavy atom. The molecule has 2 amide bonds. The first-order valence-corrected chi connectivity index (χ1v) is 8.36. The fourth-order valence-electron chi connectivity index (χ4n) is 2.90. The van der Waals surface area contributed by atoms with E-state index in [-0.39, 0.29) is 23.1 Å². The van der Waals surface area contributed by atoms with Gasteiger partial charge in [0.1, 0.15) is 5.69 Å². The van der Waals surface area contributed by atoms with Crippen molar-refractivity contribution in [1.82, 2.24) is 15.2 Å². The van der Waals surface area contributed by atoms with Gasteiger partial charge in [-0.1, -0.05) is 24.3 Å². The highest BCUT2D eigenvalue weighted by Crippen LogP contribution is 2.22. The average molecular weight is 353 g/mol. The van der Waals surface area contributed by atoms with E-state index in [9.17, 15) is 14.4 Å². The van der Waals surface area contributed by atoms with Gasteiger partial charge in [-0.2, -0.15) is 0 Å². The number of hydrogen-bond donors (Lipinski definition) is 2. The second-order valence-corrected chi connectivity index (χ2v) is 6.11. The number of amides is 2. The molecule has 0 saturated heterocycles. The molecule has 1 aromatic heterocycles. The first kappa shape index (κ1) is 17.6. The maximum atomic E-state index is 12.3. The van der Waals surface area contributed by atoms with Crippen molar-refractivity contribution in [3.8, 4) is 0 Å². The Hall–Kier alpha value is -3.22. The molecule has 2 heterocycles. The van der Waals surface area contributed by atoms with E-state index in [0.717, 1.165) is 0 Å². The quantitative estimate of drug-likeness (QED) is 0.772. The molecule has 1 aliphatic heterocycles. The van der Waals surface area contributed by atoms with Crippen molar-refractivity contribution >= 4 is 17.8 Å². The number of pyridine rings is 1. The lowest BCUT2D eigenvalue weighted by atomic mass is 10.1. The summed E-state index contributed by atoms with van der Waals surface area (Å²) in [4.78, 5) is 40.7. The van der Waals surface area contributed by atoms with Gasteiger partial charge in [-0.05, 0) is 29.7 Å². The van der Waals surface area contributed by atoms with E-state index in [1.807, 2.05) is 29.2 Å². The molecule has 0 spiro atoms. The summed E-state index contributed by atoms with van der Waals surface area (Å²) in [5, 5.41) is 11.6. The van der Waals surface area contributed by atoms with Gasteiger partial charge in [0.05, 0.1) is 0 Å². The first-order chi connectivity index (χ1) is 12.5. The van der Waals surface area contributed by atoms with Crippen molar-refractivity contribution in [2.24, 2.45) is 0 Å². The maximum absolute atomic E-state index is 12.3. The van der Waals surface area contributed by atoms with Crippen LogP contribution >= 0.6 is 0 Å². The van der Waals surface area contributed by atoms with Crippen LogP contribution in [0.4, 0.5) is 0 Å². The molecule has 0 fully saturated rings. The van der Waals surface area contributed by atoms with Crippen LogP contribution < -0.4 is 5.32 Å². The standard InChI is InChI=1S/C19H19N3O4/c23-17(22-11-14-4-1-2-5-15(14)12-22)6-3-8-21-18(24)13-7-9-20-16(10-13)19(25)26/h1-2,4-5,7,9-10H,3,6,8,11-12H2,(H,21,24)(H,25,26). The van der Waals surface area contributed by atoms with E-state index >= 15 is 0 Å². The fraction of sp³-hybridized carbons (Fsp3) is 0.263. The maximum Gasteiger partial charge on any atom is 0.354 e. The van der Waals surface area contributed by atoms with E-state index in [1.54, 1.807) is 0 Å². The summed E-state index contributed by atoms with van der Waals surface area (Å²) in [6.45, 7) is 1.61. The van der Waals surface area contributed by atoms with Crippen molar-refractivity contribution < 1.29 is 19.5 Å². The van der Waals surface area contributed by atoms with E-state index in [0.29, 0.717) is 32.5 Å². The number of benzene rings is 1. The Balaban J connectivity index is 1.43. The zero-order chi connectivity index (χ0) is 18.5. The molecule has 7 nitrogen and oxygen atoms in total. The third-order valence-electron chi connectivity index (χ3n) is 4.29. The third-order valence-corrected chi connectivity index (χ3v) is 4.29. The van der Waals surface area contributed by atoms with E-state index in [1.165, 1.54) is 29.5 Å². The number of carboxylic acid groups (broad SMARTS) is 1.